The molecule has 1 aliphatic heterocycles. The van der Waals surface area contributed by atoms with Crippen LogP contribution in [0.5, 0.6) is 5.75 Å². The number of benzene rings is 3. The molecule has 1 atom stereocenters. The summed E-state index contributed by atoms with van der Waals surface area (Å²) in [6.07, 6.45) is 2.49. The third-order valence-corrected chi connectivity index (χ3v) is 8.04. The predicted molar refractivity (Wildman–Crippen MR) is 191 cm³/mol. The SMILES string of the molecule is CC(C)Cc1ccc(C2(C)[CH-]N(c3c(C(C)C)cccc3C(C)C)C(C)(C)C2)cc1.[CH2-]c1ccccc1OC(C)C.[Cl][Ru+2][Cl]. The van der Waals surface area contributed by atoms with Gasteiger partial charge in [-0.3, -0.25) is 0 Å². The summed E-state index contributed by atoms with van der Waals surface area (Å²) in [5.41, 5.74) is 8.29. The molecule has 0 aromatic heterocycles. The van der Waals surface area contributed by atoms with Crippen molar-refractivity contribution in [2.24, 2.45) is 5.92 Å². The van der Waals surface area contributed by atoms with E-state index in [1.807, 2.05) is 38.1 Å². The molecular weight excluding hydrogens is 670 g/mol. The maximum absolute atomic E-state index is 5.48. The quantitative estimate of drug-likeness (QED) is 0.169. The number of rotatable bonds is 8. The van der Waals surface area contributed by atoms with Crippen LogP contribution in [0.1, 0.15) is 122 Å². The molecule has 1 unspecified atom stereocenters. The van der Waals surface area contributed by atoms with Gasteiger partial charge in [-0.25, -0.2) is 6.54 Å². The van der Waals surface area contributed by atoms with Gasteiger partial charge in [0.1, 0.15) is 0 Å². The summed E-state index contributed by atoms with van der Waals surface area (Å²) in [5.74, 6) is 2.58. The van der Waals surface area contributed by atoms with Crippen molar-refractivity contribution in [2.75, 3.05) is 4.90 Å². The van der Waals surface area contributed by atoms with E-state index < -0.39 is 0 Å². The molecule has 0 aliphatic carbocycles. The molecule has 0 bridgehead atoms. The Labute approximate surface area is 286 Å². The second-order valence-corrected chi connectivity index (χ2v) is 16.8. The van der Waals surface area contributed by atoms with Gasteiger partial charge in [0.05, 0.1) is 6.10 Å². The van der Waals surface area contributed by atoms with Crippen LogP contribution in [-0.2, 0) is 27.0 Å². The molecule has 0 saturated carbocycles. The van der Waals surface area contributed by atoms with Crippen LogP contribution in [0.25, 0.3) is 0 Å². The molecule has 5 heteroatoms. The van der Waals surface area contributed by atoms with Crippen molar-refractivity contribution in [3.8, 4) is 5.75 Å². The van der Waals surface area contributed by atoms with Crippen LogP contribution in [0.15, 0.2) is 66.7 Å². The standard InChI is InChI=1S/C29H42N.C10H13O.2ClH.Ru/c1-20(2)17-23-13-15-24(16-14-23)29(9)18-28(7,8)30(19-29)27-25(21(3)4)11-10-12-26(27)22(5)6;1-8(2)11-10-7-5-4-6-9(10)3;;;/h10-16,19-22H,17-18H2,1-9H3;4-8H,3H2,1-2H3;2*1H;/q2*-1;;;+4/p-2. The van der Waals surface area contributed by atoms with E-state index >= 15 is 0 Å². The van der Waals surface area contributed by atoms with E-state index in [0.29, 0.717) is 17.8 Å². The molecule has 3 aromatic carbocycles. The Bertz CT molecular complexity index is 1260. The van der Waals surface area contributed by atoms with Crippen molar-refractivity contribution < 1.29 is 19.9 Å². The molecule has 3 aromatic rings. The number of halogens is 2. The molecule has 0 N–H and O–H groups in total. The van der Waals surface area contributed by atoms with Gasteiger partial charge in [0.15, 0.2) is 0 Å². The average molecular weight is 726 g/mol. The number of anilines is 1. The number of nitrogens with zero attached hydrogens (tertiary/aromatic N) is 1. The average Bonchev–Trinajstić information content (AvgIpc) is 3.19. The molecule has 1 heterocycles. The van der Waals surface area contributed by atoms with Crippen molar-refractivity contribution >= 4 is 25.1 Å². The zero-order valence-electron chi connectivity index (χ0n) is 28.8. The van der Waals surface area contributed by atoms with E-state index in [4.69, 9.17) is 24.1 Å². The van der Waals surface area contributed by atoms with Gasteiger partial charge in [0, 0.05) is 17.0 Å². The van der Waals surface area contributed by atoms with Crippen LogP contribution in [0, 0.1) is 19.4 Å². The van der Waals surface area contributed by atoms with E-state index in [-0.39, 0.29) is 32.2 Å². The van der Waals surface area contributed by atoms with Crippen LogP contribution in [0.4, 0.5) is 5.69 Å². The molecule has 44 heavy (non-hydrogen) atoms. The van der Waals surface area contributed by atoms with Crippen molar-refractivity contribution in [3.05, 3.63) is 108 Å². The molecular formula is C39H55Cl2NORu. The fraction of sp³-hybridized carbons (Fsp3) is 0.487. The summed E-state index contributed by atoms with van der Waals surface area (Å²) in [6, 6.07) is 24.1. The first kappa shape index (κ1) is 38.5. The van der Waals surface area contributed by atoms with Crippen LogP contribution in [0.2, 0.25) is 0 Å². The molecule has 0 spiro atoms. The summed E-state index contributed by atoms with van der Waals surface area (Å²) in [6.45, 7) is 31.5. The molecule has 4 rings (SSSR count). The Hall–Kier alpha value is -1.67. The number of hydrogen-bond donors (Lipinski definition) is 0. The molecule has 1 aliphatic rings. The van der Waals surface area contributed by atoms with Crippen molar-refractivity contribution in [1.29, 1.82) is 0 Å². The van der Waals surface area contributed by atoms with Crippen LogP contribution >= 0.6 is 19.4 Å². The Balaban J connectivity index is 0.000000400. The molecule has 0 radical (unpaired) electrons. The maximum atomic E-state index is 5.48. The number of para-hydroxylation sites is 2. The first-order valence-corrected chi connectivity index (χ1v) is 20.3. The Kier molecular flexibility index (Phi) is 15.1. The first-order valence-electron chi connectivity index (χ1n) is 15.9. The Morgan fingerprint density at radius 1 is 0.818 bits per heavy atom. The fourth-order valence-electron chi connectivity index (χ4n) is 6.19. The summed E-state index contributed by atoms with van der Waals surface area (Å²) in [5, 5.41) is 0. The minimum atomic E-state index is -0.346. The van der Waals surface area contributed by atoms with E-state index in [0.717, 1.165) is 24.2 Å². The summed E-state index contributed by atoms with van der Waals surface area (Å²) in [7, 11) is 9.71. The fourth-order valence-corrected chi connectivity index (χ4v) is 6.19. The monoisotopic (exact) mass is 725 g/mol. The van der Waals surface area contributed by atoms with Gasteiger partial charge < -0.3 is 9.64 Å². The number of hydrogen-bond acceptors (Lipinski definition) is 2. The van der Waals surface area contributed by atoms with Gasteiger partial charge in [-0.15, -0.1) is 11.5 Å². The van der Waals surface area contributed by atoms with Gasteiger partial charge in [0.25, 0.3) is 0 Å². The second-order valence-electron chi connectivity index (χ2n) is 14.1. The van der Waals surface area contributed by atoms with Crippen LogP contribution in [-0.4, -0.2) is 11.6 Å². The van der Waals surface area contributed by atoms with Crippen molar-refractivity contribution in [2.45, 2.75) is 118 Å². The van der Waals surface area contributed by atoms with Crippen molar-refractivity contribution in [3.63, 3.8) is 0 Å². The van der Waals surface area contributed by atoms with Crippen molar-refractivity contribution in [1.82, 2.24) is 0 Å². The van der Waals surface area contributed by atoms with Crippen LogP contribution in [0.3, 0.4) is 0 Å². The summed E-state index contributed by atoms with van der Waals surface area (Å²) >= 11 is -0.346. The molecule has 1 fully saturated rings. The normalized spacial score (nSPS) is 17.4. The zero-order chi connectivity index (χ0) is 33.2. The van der Waals surface area contributed by atoms with E-state index in [2.05, 4.69) is 123 Å². The number of ether oxygens (including phenoxy) is 1. The molecule has 244 valence electrons. The van der Waals surface area contributed by atoms with Gasteiger partial charge in [-0.2, -0.15) is 18.6 Å². The summed E-state index contributed by atoms with van der Waals surface area (Å²) in [4.78, 5) is 2.61. The zero-order valence-corrected chi connectivity index (χ0v) is 32.1. The topological polar surface area (TPSA) is 12.5 Å². The first-order chi connectivity index (χ1) is 20.6. The third-order valence-electron chi connectivity index (χ3n) is 8.04. The Morgan fingerprint density at radius 2 is 1.34 bits per heavy atom. The van der Waals surface area contributed by atoms with E-state index in [1.54, 1.807) is 0 Å². The van der Waals surface area contributed by atoms with Gasteiger partial charge in [0.2, 0.25) is 0 Å². The van der Waals surface area contributed by atoms with E-state index in [1.165, 1.54) is 27.9 Å². The predicted octanol–water partition coefficient (Wildman–Crippen LogP) is 12.3. The van der Waals surface area contributed by atoms with Gasteiger partial charge in [-0.1, -0.05) is 109 Å². The minimum absolute atomic E-state index is 0.0399. The van der Waals surface area contributed by atoms with Crippen LogP contribution < -0.4 is 9.64 Å². The Morgan fingerprint density at radius 3 is 1.80 bits per heavy atom. The van der Waals surface area contributed by atoms with Gasteiger partial charge >= 0.3 is 34.5 Å². The molecule has 0 amide bonds. The second kappa shape index (κ2) is 17.3. The van der Waals surface area contributed by atoms with Gasteiger partial charge in [-0.05, 0) is 75.0 Å². The molecule has 1 saturated heterocycles. The molecule has 2 nitrogen and oxygen atoms in total. The third kappa shape index (κ3) is 10.7. The summed E-state index contributed by atoms with van der Waals surface area (Å²) < 4.78 is 5.48. The van der Waals surface area contributed by atoms with E-state index in [9.17, 15) is 0 Å².